The Hall–Kier alpha value is -1.42. The van der Waals surface area contributed by atoms with Gasteiger partial charge in [-0.15, -0.1) is 0 Å². The molecule has 298 valence electrons. The van der Waals surface area contributed by atoms with Crippen molar-refractivity contribution in [2.45, 2.75) is 167 Å². The minimum absolute atomic E-state index is 0. The molecule has 50 heavy (non-hydrogen) atoms. The molecule has 2 atom stereocenters. The van der Waals surface area contributed by atoms with Crippen molar-refractivity contribution in [3.63, 3.8) is 0 Å². The van der Waals surface area contributed by atoms with Gasteiger partial charge < -0.3 is 39.8 Å². The van der Waals surface area contributed by atoms with Gasteiger partial charge in [-0.2, -0.15) is 0 Å². The van der Waals surface area contributed by atoms with Crippen LogP contribution in [-0.2, 0) is 53.3 Å². The van der Waals surface area contributed by atoms with E-state index in [0.717, 1.165) is 23.9 Å². The number of unbranched alkanes of at least 4 members (excludes halogenated alkanes) is 1. The second-order valence-corrected chi connectivity index (χ2v) is 14.0. The summed E-state index contributed by atoms with van der Waals surface area (Å²) in [6.07, 6.45) is 28.4. The summed E-state index contributed by atoms with van der Waals surface area (Å²) in [5, 5.41) is 35.1. The SMILES string of the molecule is C1CCCC1.C1CCCC1.CC(C1CCCC1)N(C)C.CC(C1CCCC1)N(C)C.O=C([O-])/C=C/C(=O)O.O=C([O-])CCCCC(=O)O.[Fe].[Fe]. The summed E-state index contributed by atoms with van der Waals surface area (Å²) in [5.41, 5.74) is 0. The molecule has 4 fully saturated rings. The van der Waals surface area contributed by atoms with Crippen LogP contribution in [0, 0.1) is 11.8 Å². The molecule has 2 unspecified atom stereocenters. The van der Waals surface area contributed by atoms with Crippen molar-refractivity contribution in [2.75, 3.05) is 28.2 Å². The van der Waals surface area contributed by atoms with Gasteiger partial charge in [0.15, 0.2) is 0 Å². The van der Waals surface area contributed by atoms with Gasteiger partial charge in [-0.1, -0.05) is 89.9 Å². The van der Waals surface area contributed by atoms with Crippen molar-refractivity contribution in [1.29, 1.82) is 0 Å². The number of carbonyl (C=O) groups is 4. The summed E-state index contributed by atoms with van der Waals surface area (Å²) in [6, 6.07) is 1.59. The normalized spacial score (nSPS) is 17.8. The van der Waals surface area contributed by atoms with Crippen LogP contribution in [0.2, 0.25) is 0 Å². The molecule has 12 heteroatoms. The Morgan fingerprint density at radius 1 is 0.580 bits per heavy atom. The minimum atomic E-state index is -1.51. The van der Waals surface area contributed by atoms with Gasteiger partial charge in [-0.05, 0) is 105 Å². The standard InChI is InChI=1S/2C9H19N.C6H10O4.2C5H10.C4H4O4.2Fe/c2*1-8(10(2)3)9-6-4-5-7-9;7-5(8)3-1-2-4-6(9)10;2*1-2-4-5-3-1;5-3(6)1-2-4(7)8;;/h2*8-9H,4-7H2,1-3H3;1-4H2,(H,7,8)(H,9,10);2*1-5H2;1-2H,(H,5,6)(H,7,8);;/p-2/b;;;;;2-1+;;. The van der Waals surface area contributed by atoms with Gasteiger partial charge in [0.2, 0.25) is 0 Å². The van der Waals surface area contributed by atoms with Crippen molar-refractivity contribution in [3.05, 3.63) is 12.2 Å². The van der Waals surface area contributed by atoms with Crippen LogP contribution in [-0.4, -0.2) is 84.2 Å². The third-order valence-electron chi connectivity index (χ3n) is 9.68. The second kappa shape index (κ2) is 37.3. The van der Waals surface area contributed by atoms with Crippen molar-refractivity contribution in [1.82, 2.24) is 9.80 Å². The molecule has 0 aromatic heterocycles. The van der Waals surface area contributed by atoms with Crippen LogP contribution in [0.4, 0.5) is 0 Å². The monoisotopic (exact) mass is 794 g/mol. The first kappa shape index (κ1) is 55.3. The van der Waals surface area contributed by atoms with Gasteiger partial charge in [0, 0.05) is 64.7 Å². The fraction of sp³-hybridized carbons (Fsp3) is 0.842. The number of rotatable bonds is 11. The fourth-order valence-corrected chi connectivity index (χ4v) is 6.18. The van der Waals surface area contributed by atoms with Crippen LogP contribution in [0.3, 0.4) is 0 Å². The Morgan fingerprint density at radius 3 is 1.08 bits per heavy atom. The van der Waals surface area contributed by atoms with E-state index in [1.807, 2.05) is 0 Å². The summed E-state index contributed by atoms with van der Waals surface area (Å²) < 4.78 is 0. The van der Waals surface area contributed by atoms with E-state index in [-0.39, 0.29) is 47.0 Å². The maximum atomic E-state index is 9.88. The number of aliphatic carboxylic acids is 4. The minimum Gasteiger partial charge on any atom is -0.550 e. The zero-order chi connectivity index (χ0) is 36.7. The van der Waals surface area contributed by atoms with Crippen LogP contribution in [0.5, 0.6) is 0 Å². The Labute approximate surface area is 325 Å². The summed E-state index contributed by atoms with van der Waals surface area (Å²) in [6.45, 7) is 4.69. The summed E-state index contributed by atoms with van der Waals surface area (Å²) in [7, 11) is 8.73. The Bertz CT molecular complexity index is 771. The van der Waals surface area contributed by atoms with E-state index >= 15 is 0 Å². The van der Waals surface area contributed by atoms with E-state index in [4.69, 9.17) is 10.2 Å². The van der Waals surface area contributed by atoms with Crippen LogP contribution >= 0.6 is 0 Å². The van der Waals surface area contributed by atoms with E-state index in [1.54, 1.807) is 0 Å². The van der Waals surface area contributed by atoms with E-state index in [1.165, 1.54) is 116 Å². The zero-order valence-corrected chi connectivity index (χ0v) is 34.2. The molecule has 0 heterocycles. The quantitative estimate of drug-likeness (QED) is 0.146. The predicted octanol–water partition coefficient (Wildman–Crippen LogP) is 5.91. The molecule has 2 N–H and O–H groups in total. The Morgan fingerprint density at radius 2 is 0.880 bits per heavy atom. The molecule has 0 saturated heterocycles. The van der Waals surface area contributed by atoms with Crippen LogP contribution in [0.15, 0.2) is 12.2 Å². The second-order valence-electron chi connectivity index (χ2n) is 14.0. The molecule has 10 nitrogen and oxygen atoms in total. The third kappa shape index (κ3) is 37.8. The predicted molar refractivity (Wildman–Crippen MR) is 189 cm³/mol. The fourth-order valence-electron chi connectivity index (χ4n) is 6.18. The first-order chi connectivity index (χ1) is 22.7. The average molecular weight is 795 g/mol. The van der Waals surface area contributed by atoms with Crippen molar-refractivity contribution in [2.24, 2.45) is 11.8 Å². The molecule has 0 aromatic carbocycles. The number of hydrogen-bond donors (Lipinski definition) is 2. The largest absolute Gasteiger partial charge is 0.550 e. The van der Waals surface area contributed by atoms with E-state index < -0.39 is 23.9 Å². The maximum absolute atomic E-state index is 9.88. The maximum Gasteiger partial charge on any atom is 0.328 e. The van der Waals surface area contributed by atoms with Crippen LogP contribution in [0.25, 0.3) is 0 Å². The summed E-state index contributed by atoms with van der Waals surface area (Å²) >= 11 is 0. The van der Waals surface area contributed by atoms with Gasteiger partial charge >= 0.3 is 11.9 Å². The van der Waals surface area contributed by atoms with E-state index in [2.05, 4.69) is 51.8 Å². The average Bonchev–Trinajstić information content (AvgIpc) is 3.87. The first-order valence-corrected chi connectivity index (χ1v) is 18.5. The topological polar surface area (TPSA) is 161 Å². The molecular weight excluding hydrogens is 724 g/mol. The van der Waals surface area contributed by atoms with Gasteiger partial charge in [0.05, 0.1) is 5.97 Å². The number of carboxylic acid groups (broad SMARTS) is 4. The van der Waals surface area contributed by atoms with Crippen LogP contribution in [0.1, 0.15) is 155 Å². The summed E-state index contributed by atoms with van der Waals surface area (Å²) in [5.74, 6) is -2.85. The number of hydrogen-bond acceptors (Lipinski definition) is 8. The number of carboxylic acids is 4. The smallest absolute Gasteiger partial charge is 0.328 e. The molecule has 0 spiro atoms. The van der Waals surface area contributed by atoms with Gasteiger partial charge in [0.1, 0.15) is 0 Å². The van der Waals surface area contributed by atoms with Crippen molar-refractivity contribution in [3.8, 4) is 0 Å². The molecule has 0 radical (unpaired) electrons. The third-order valence-corrected chi connectivity index (χ3v) is 9.68. The van der Waals surface area contributed by atoms with E-state index in [0.29, 0.717) is 25.0 Å². The van der Waals surface area contributed by atoms with E-state index in [9.17, 15) is 29.4 Å². The molecule has 4 aliphatic carbocycles. The molecule has 0 amide bonds. The number of nitrogens with zero attached hydrogens (tertiary/aromatic N) is 2. The van der Waals surface area contributed by atoms with Gasteiger partial charge in [-0.25, -0.2) is 4.79 Å². The molecule has 4 aliphatic rings. The molecular formula is C38H70Fe2N2O8-2. The molecule has 4 rings (SSSR count). The van der Waals surface area contributed by atoms with Crippen molar-refractivity contribution < 1.29 is 73.7 Å². The Kier molecular flexibility index (Phi) is 41.3. The molecule has 0 bridgehead atoms. The van der Waals surface area contributed by atoms with Crippen molar-refractivity contribution >= 4 is 23.9 Å². The first-order valence-electron chi connectivity index (χ1n) is 18.5. The molecule has 4 saturated carbocycles. The molecule has 0 aliphatic heterocycles. The van der Waals surface area contributed by atoms with Gasteiger partial charge in [-0.3, -0.25) is 4.79 Å². The number of carbonyl (C=O) groups excluding carboxylic acids is 2. The van der Waals surface area contributed by atoms with Gasteiger partial charge in [0.25, 0.3) is 0 Å². The zero-order valence-electron chi connectivity index (χ0n) is 32.0. The summed E-state index contributed by atoms with van der Waals surface area (Å²) in [4.78, 5) is 43.3. The Balaban J connectivity index is -0.000000256. The molecule has 0 aromatic rings. The van der Waals surface area contributed by atoms with Crippen LogP contribution < -0.4 is 10.2 Å².